The molecule has 10 nitrogen and oxygen atoms in total. The number of ketones is 4. The predicted octanol–water partition coefficient (Wildman–Crippen LogP) is 7.16. The summed E-state index contributed by atoms with van der Waals surface area (Å²) in [5.41, 5.74) is 6.39. The van der Waals surface area contributed by atoms with Gasteiger partial charge in [-0.1, -0.05) is 70.1 Å². The van der Waals surface area contributed by atoms with Crippen molar-refractivity contribution in [1.82, 2.24) is 0 Å². The van der Waals surface area contributed by atoms with Crippen LogP contribution in [0.3, 0.4) is 0 Å². The minimum atomic E-state index is -0.122. The Morgan fingerprint density at radius 2 is 0.750 bits per heavy atom. The van der Waals surface area contributed by atoms with Crippen LogP contribution in [-0.4, -0.2) is 125 Å². The van der Waals surface area contributed by atoms with Crippen LogP contribution in [0.2, 0.25) is 0 Å². The average Bonchev–Trinajstić information content (AvgIpc) is 3.20. The van der Waals surface area contributed by atoms with Gasteiger partial charge in [-0.15, -0.1) is 0 Å². The van der Waals surface area contributed by atoms with Crippen molar-refractivity contribution < 1.29 is 28.1 Å². The first-order valence-corrected chi connectivity index (χ1v) is 21.8. The number of benzene rings is 4. The molecule has 56 heavy (non-hydrogen) atoms. The lowest BCUT2D eigenvalue weighted by Gasteiger charge is -2.31. The summed E-state index contributed by atoms with van der Waals surface area (Å²) in [5.74, 6) is 1.64. The van der Waals surface area contributed by atoms with Crippen molar-refractivity contribution in [2.24, 2.45) is 0 Å². The summed E-state index contributed by atoms with van der Waals surface area (Å²) in [7, 11) is 16.5. The van der Waals surface area contributed by atoms with Gasteiger partial charge >= 0.3 is 0 Å². The lowest BCUT2D eigenvalue weighted by atomic mass is 9.82. The van der Waals surface area contributed by atoms with E-state index in [4.69, 9.17) is 0 Å². The molecule has 2 aliphatic rings. The molecule has 0 saturated carbocycles. The van der Waals surface area contributed by atoms with E-state index in [-0.39, 0.29) is 23.1 Å². The second-order valence-electron chi connectivity index (χ2n) is 15.7. The van der Waals surface area contributed by atoms with Crippen LogP contribution in [0.25, 0.3) is 0 Å². The molecule has 0 atom stereocenters. The summed E-state index contributed by atoms with van der Waals surface area (Å²) in [6.07, 6.45) is 1.86. The second kappa shape index (κ2) is 17.7. The van der Waals surface area contributed by atoms with Crippen molar-refractivity contribution in [3.05, 3.63) is 117 Å². The van der Waals surface area contributed by atoms with Crippen LogP contribution in [0.5, 0.6) is 0 Å². The van der Waals surface area contributed by atoms with Crippen molar-refractivity contribution >= 4 is 67.5 Å². The minimum absolute atomic E-state index is 0.116. The van der Waals surface area contributed by atoms with Crippen molar-refractivity contribution in [2.45, 2.75) is 12.8 Å². The highest BCUT2D eigenvalue weighted by molar-refractivity contribution is 8.76. The molecule has 4 N–H and O–H groups in total. The largest absolute Gasteiger partial charge is 0.388 e. The minimum Gasteiger partial charge on any atom is -0.388 e. The van der Waals surface area contributed by atoms with Crippen LogP contribution in [0, 0.1) is 0 Å². The Labute approximate surface area is 338 Å². The second-order valence-corrected chi connectivity index (χ2v) is 18.4. The monoisotopic (exact) mass is 794 g/mol. The van der Waals surface area contributed by atoms with Gasteiger partial charge in [0, 0.05) is 85.0 Å². The lowest BCUT2D eigenvalue weighted by molar-refractivity contribution is -0.887. The Balaban J connectivity index is 0.896. The normalized spacial score (nSPS) is 13.5. The van der Waals surface area contributed by atoms with Crippen LogP contribution >= 0.6 is 21.6 Å². The first-order valence-electron chi connectivity index (χ1n) is 19.3. The molecule has 0 bridgehead atoms. The molecular formula is C44H54N6O4S2+2. The summed E-state index contributed by atoms with van der Waals surface area (Å²) in [4.78, 5) is 53.9. The van der Waals surface area contributed by atoms with Crippen molar-refractivity contribution in [3.63, 3.8) is 0 Å². The van der Waals surface area contributed by atoms with E-state index in [0.717, 1.165) is 59.5 Å². The fourth-order valence-corrected chi connectivity index (χ4v) is 10.1. The molecular weight excluding hydrogens is 741 g/mol. The highest BCUT2D eigenvalue weighted by Gasteiger charge is 2.35. The van der Waals surface area contributed by atoms with Gasteiger partial charge in [0.2, 0.25) is 0 Å². The zero-order chi connectivity index (χ0) is 40.0. The van der Waals surface area contributed by atoms with Crippen molar-refractivity contribution in [1.29, 1.82) is 0 Å². The van der Waals surface area contributed by atoms with Crippen molar-refractivity contribution in [2.75, 3.05) is 114 Å². The van der Waals surface area contributed by atoms with Crippen LogP contribution < -0.4 is 21.3 Å². The third-order valence-corrected chi connectivity index (χ3v) is 13.2. The number of hydrogen-bond acceptors (Lipinski definition) is 10. The van der Waals surface area contributed by atoms with Gasteiger partial charge < -0.3 is 30.2 Å². The molecule has 0 fully saturated rings. The summed E-state index contributed by atoms with van der Waals surface area (Å²) < 4.78 is 1.80. The molecule has 4 aromatic rings. The Morgan fingerprint density at radius 3 is 1.07 bits per heavy atom. The van der Waals surface area contributed by atoms with Gasteiger partial charge in [0.15, 0.2) is 23.1 Å². The standard InChI is InChI=1S/C44H52N6O4S2/c1-45-33-17-19-35(39-37(33)41(51)29-13-7-9-15-31(29)43(39)53)47-21-11-23-49(3,4)25-27-55-56-28-26-50(5,6)24-12-22-48-36-20-18-34(46-2)38-40(36)44(54)32-16-10-8-14-30(32)42(38)52/h7-10,13-20H,11-12,21-28H2,1-6H3,(H2-2,45,46,47,48,51,52,53,54)/p+2. The van der Waals surface area contributed by atoms with Gasteiger partial charge in [-0.05, 0) is 24.3 Å². The molecule has 294 valence electrons. The van der Waals surface area contributed by atoms with Crippen LogP contribution in [0.15, 0.2) is 72.8 Å². The fraction of sp³-hybridized carbons (Fsp3) is 0.364. The quantitative estimate of drug-likeness (QED) is 0.0383. The number of hydrogen-bond donors (Lipinski definition) is 4. The maximum absolute atomic E-state index is 13.5. The Hall–Kier alpha value is -4.62. The molecule has 2 aliphatic carbocycles. The molecule has 4 aromatic carbocycles. The molecule has 12 heteroatoms. The maximum atomic E-state index is 13.5. The number of rotatable bonds is 19. The highest BCUT2D eigenvalue weighted by Crippen LogP contribution is 2.38. The first kappa shape index (κ1) is 41.0. The van der Waals surface area contributed by atoms with E-state index >= 15 is 0 Å². The van der Waals surface area contributed by atoms with Crippen LogP contribution in [0.1, 0.15) is 76.5 Å². The molecule has 6 rings (SSSR count). The number of carbonyl (C=O) groups excluding carboxylic acids is 4. The molecule has 0 aliphatic heterocycles. The number of anilines is 4. The predicted molar refractivity (Wildman–Crippen MR) is 233 cm³/mol. The molecule has 0 heterocycles. The smallest absolute Gasteiger partial charge is 0.196 e. The highest BCUT2D eigenvalue weighted by atomic mass is 33.1. The molecule has 0 unspecified atom stereocenters. The van der Waals surface area contributed by atoms with Gasteiger partial charge in [-0.3, -0.25) is 19.2 Å². The molecule has 0 amide bonds. The maximum Gasteiger partial charge on any atom is 0.196 e. The third kappa shape index (κ3) is 8.83. The number of quaternary nitrogens is 2. The van der Waals surface area contributed by atoms with Crippen LogP contribution in [-0.2, 0) is 0 Å². The number of nitrogens with one attached hydrogen (secondary N) is 4. The molecule has 0 aromatic heterocycles. The third-order valence-electron chi connectivity index (χ3n) is 10.8. The molecule has 0 radical (unpaired) electrons. The van der Waals surface area contributed by atoms with Gasteiger partial charge in [0.1, 0.15) is 0 Å². The molecule has 0 saturated heterocycles. The zero-order valence-corrected chi connectivity index (χ0v) is 35.0. The Kier molecular flexibility index (Phi) is 12.9. The van der Waals surface area contributed by atoms with Gasteiger partial charge in [0.25, 0.3) is 0 Å². The van der Waals surface area contributed by atoms with Crippen molar-refractivity contribution in [3.8, 4) is 0 Å². The molecule has 0 spiro atoms. The van der Waals surface area contributed by atoms with Gasteiger partial charge in [-0.25, -0.2) is 0 Å². The first-order chi connectivity index (χ1) is 26.9. The summed E-state index contributed by atoms with van der Waals surface area (Å²) in [6.45, 7) is 5.49. The Morgan fingerprint density at radius 1 is 0.446 bits per heavy atom. The summed E-state index contributed by atoms with van der Waals surface area (Å²) in [5, 5.41) is 13.1. The summed E-state index contributed by atoms with van der Waals surface area (Å²) >= 11 is 0. The van der Waals surface area contributed by atoms with E-state index < -0.39 is 0 Å². The van der Waals surface area contributed by atoms with E-state index in [1.807, 2.05) is 45.9 Å². The van der Waals surface area contributed by atoms with Crippen LogP contribution in [0.4, 0.5) is 22.7 Å². The Bertz CT molecular complexity index is 2000. The van der Waals surface area contributed by atoms with E-state index in [1.54, 1.807) is 62.6 Å². The number of nitrogens with zero attached hydrogens (tertiary/aromatic N) is 2. The van der Waals surface area contributed by atoms with E-state index in [9.17, 15) is 19.2 Å². The van der Waals surface area contributed by atoms with Gasteiger partial charge in [-0.2, -0.15) is 0 Å². The number of carbonyl (C=O) groups is 4. The summed E-state index contributed by atoms with van der Waals surface area (Å²) in [6, 6.07) is 21.7. The number of fused-ring (bicyclic) bond motifs is 4. The lowest BCUT2D eigenvalue weighted by Crippen LogP contribution is -2.43. The SMILES string of the molecule is CNc1ccc(NCCC[N+](C)(C)CCSSCC[N+](C)(C)CCCNc2ccc(NC)c3c2C(=O)c2ccccc2C3=O)c2c1C(=O)c1ccccc1C2=O. The van der Waals surface area contributed by atoms with E-state index in [2.05, 4.69) is 49.5 Å². The topological polar surface area (TPSA) is 116 Å². The van der Waals surface area contributed by atoms with E-state index in [0.29, 0.717) is 80.3 Å². The van der Waals surface area contributed by atoms with Gasteiger partial charge in [0.05, 0.1) is 88.1 Å². The zero-order valence-electron chi connectivity index (χ0n) is 33.3. The fourth-order valence-electron chi connectivity index (χ4n) is 7.53. The van der Waals surface area contributed by atoms with E-state index in [1.165, 1.54) is 0 Å². The average molecular weight is 795 g/mol.